The van der Waals surface area contributed by atoms with Gasteiger partial charge in [-0.1, -0.05) is 27.5 Å². The molecule has 2 aromatic carbocycles. The lowest BCUT2D eigenvalue weighted by molar-refractivity contribution is 0.478. The lowest BCUT2D eigenvalue weighted by atomic mass is 10.2. The van der Waals surface area contributed by atoms with Crippen molar-refractivity contribution in [1.82, 2.24) is 0 Å². The molecule has 0 fully saturated rings. The van der Waals surface area contributed by atoms with Crippen molar-refractivity contribution in [2.24, 2.45) is 0 Å². The normalized spacial score (nSPS) is 10.4. The van der Waals surface area contributed by atoms with E-state index in [0.29, 0.717) is 22.2 Å². The highest BCUT2D eigenvalue weighted by Gasteiger charge is 2.11. The number of halogens is 3. The third-order valence-corrected chi connectivity index (χ3v) is 4.00. The molecule has 0 spiro atoms. The van der Waals surface area contributed by atoms with Crippen molar-refractivity contribution in [2.45, 2.75) is 6.92 Å². The van der Waals surface area contributed by atoms with Gasteiger partial charge in [-0.15, -0.1) is 0 Å². The highest BCUT2D eigenvalue weighted by atomic mass is 79.9. The number of benzene rings is 2. The van der Waals surface area contributed by atoms with Crippen LogP contribution in [0.4, 0.5) is 5.69 Å². The molecule has 0 bridgehead atoms. The minimum atomic E-state index is 0.562. The maximum Gasteiger partial charge on any atom is 0.154 e. The van der Waals surface area contributed by atoms with E-state index in [2.05, 4.69) is 31.9 Å². The summed E-state index contributed by atoms with van der Waals surface area (Å²) in [6, 6.07) is 9.16. The number of hydrogen-bond acceptors (Lipinski definition) is 2. The van der Waals surface area contributed by atoms with Crippen LogP contribution in [0.15, 0.2) is 39.3 Å². The van der Waals surface area contributed by atoms with E-state index in [1.165, 1.54) is 0 Å². The molecule has 0 aliphatic carbocycles. The standard InChI is InChI=1S/C13H10Br2ClNO/c1-7-10(16)3-4-11(17)13(7)18-12-5-2-8(14)6-9(12)15/h2-6H,17H2,1H3. The van der Waals surface area contributed by atoms with Gasteiger partial charge in [0.25, 0.3) is 0 Å². The van der Waals surface area contributed by atoms with Gasteiger partial charge >= 0.3 is 0 Å². The Balaban J connectivity index is 2.43. The van der Waals surface area contributed by atoms with E-state index >= 15 is 0 Å². The Labute approximate surface area is 127 Å². The summed E-state index contributed by atoms with van der Waals surface area (Å²) in [5.41, 5.74) is 7.30. The summed E-state index contributed by atoms with van der Waals surface area (Å²) in [5, 5.41) is 0.632. The van der Waals surface area contributed by atoms with Crippen LogP contribution in [0.3, 0.4) is 0 Å². The van der Waals surface area contributed by atoms with Crippen molar-refractivity contribution in [2.75, 3.05) is 5.73 Å². The number of ether oxygens (including phenoxy) is 1. The smallest absolute Gasteiger partial charge is 0.154 e. The first kappa shape index (κ1) is 13.7. The number of rotatable bonds is 2. The summed E-state index contributed by atoms with van der Waals surface area (Å²) in [6.45, 7) is 1.88. The summed E-state index contributed by atoms with van der Waals surface area (Å²) >= 11 is 12.9. The van der Waals surface area contributed by atoms with Crippen LogP contribution < -0.4 is 10.5 Å². The SMILES string of the molecule is Cc1c(Cl)ccc(N)c1Oc1ccc(Br)cc1Br. The van der Waals surface area contributed by atoms with E-state index in [1.807, 2.05) is 25.1 Å². The fraction of sp³-hybridized carbons (Fsp3) is 0.0769. The lowest BCUT2D eigenvalue weighted by Crippen LogP contribution is -1.95. The average molecular weight is 391 g/mol. The van der Waals surface area contributed by atoms with Crippen LogP contribution in [0.5, 0.6) is 11.5 Å². The molecule has 0 atom stereocenters. The molecule has 0 radical (unpaired) electrons. The molecule has 0 unspecified atom stereocenters. The van der Waals surface area contributed by atoms with Gasteiger partial charge < -0.3 is 10.5 Å². The van der Waals surface area contributed by atoms with Crippen molar-refractivity contribution in [1.29, 1.82) is 0 Å². The third-order valence-electron chi connectivity index (χ3n) is 2.48. The van der Waals surface area contributed by atoms with Gasteiger partial charge in [-0.2, -0.15) is 0 Å². The second kappa shape index (κ2) is 5.51. The van der Waals surface area contributed by atoms with Gasteiger partial charge in [-0.3, -0.25) is 0 Å². The summed E-state index contributed by atoms with van der Waals surface area (Å²) in [4.78, 5) is 0. The van der Waals surface area contributed by atoms with Crippen molar-refractivity contribution >= 4 is 49.1 Å². The largest absolute Gasteiger partial charge is 0.454 e. The fourth-order valence-corrected chi connectivity index (χ4v) is 2.77. The van der Waals surface area contributed by atoms with Gasteiger partial charge in [-0.05, 0) is 53.2 Å². The molecule has 0 amide bonds. The molecule has 2 aromatic rings. The molecule has 5 heteroatoms. The molecule has 94 valence electrons. The maximum atomic E-state index is 6.06. The lowest BCUT2D eigenvalue weighted by Gasteiger charge is -2.13. The fourth-order valence-electron chi connectivity index (χ4n) is 1.49. The molecule has 2 rings (SSSR count). The van der Waals surface area contributed by atoms with Crippen LogP contribution in [0.2, 0.25) is 5.02 Å². The second-order valence-electron chi connectivity index (χ2n) is 3.77. The number of anilines is 1. The first-order chi connectivity index (χ1) is 8.49. The number of nitrogens with two attached hydrogens (primary N) is 1. The van der Waals surface area contributed by atoms with Gasteiger partial charge in [-0.25, -0.2) is 0 Å². The number of hydrogen-bond donors (Lipinski definition) is 1. The highest BCUT2D eigenvalue weighted by molar-refractivity contribution is 9.11. The van der Waals surface area contributed by atoms with Crippen molar-refractivity contribution in [3.63, 3.8) is 0 Å². The Morgan fingerprint density at radius 2 is 1.89 bits per heavy atom. The van der Waals surface area contributed by atoms with Gasteiger partial charge in [0.2, 0.25) is 0 Å². The Bertz CT molecular complexity index is 602. The molecule has 2 N–H and O–H groups in total. The summed E-state index contributed by atoms with van der Waals surface area (Å²) < 4.78 is 7.64. The minimum absolute atomic E-state index is 0.562. The molecular formula is C13H10Br2ClNO. The van der Waals surface area contributed by atoms with Gasteiger partial charge in [0.1, 0.15) is 5.75 Å². The summed E-state index contributed by atoms with van der Waals surface area (Å²) in [7, 11) is 0. The minimum Gasteiger partial charge on any atom is -0.454 e. The second-order valence-corrected chi connectivity index (χ2v) is 5.94. The van der Waals surface area contributed by atoms with Crippen LogP contribution in [-0.4, -0.2) is 0 Å². The Hall–Kier alpha value is -0.710. The van der Waals surface area contributed by atoms with Crippen molar-refractivity contribution < 1.29 is 4.74 Å². The van der Waals surface area contributed by atoms with E-state index < -0.39 is 0 Å². The molecule has 0 aromatic heterocycles. The molecule has 0 aliphatic heterocycles. The van der Waals surface area contributed by atoms with Crippen molar-refractivity contribution in [3.05, 3.63) is 49.9 Å². The number of nitrogen functional groups attached to an aromatic ring is 1. The molecule has 18 heavy (non-hydrogen) atoms. The van der Waals surface area contributed by atoms with E-state index in [-0.39, 0.29) is 0 Å². The molecule has 0 heterocycles. The van der Waals surface area contributed by atoms with E-state index in [0.717, 1.165) is 14.5 Å². The predicted molar refractivity (Wildman–Crippen MR) is 82.5 cm³/mol. The molecule has 2 nitrogen and oxygen atoms in total. The van der Waals surface area contributed by atoms with E-state index in [4.69, 9.17) is 22.1 Å². The first-order valence-corrected chi connectivity index (χ1v) is 7.13. The van der Waals surface area contributed by atoms with Crippen molar-refractivity contribution in [3.8, 4) is 11.5 Å². The Morgan fingerprint density at radius 1 is 1.17 bits per heavy atom. The third kappa shape index (κ3) is 2.82. The van der Waals surface area contributed by atoms with Crippen LogP contribution >= 0.6 is 43.5 Å². The van der Waals surface area contributed by atoms with Gasteiger partial charge in [0, 0.05) is 15.1 Å². The average Bonchev–Trinajstić information content (AvgIpc) is 2.32. The Morgan fingerprint density at radius 3 is 2.56 bits per heavy atom. The van der Waals surface area contributed by atoms with Crippen LogP contribution in [0.1, 0.15) is 5.56 Å². The predicted octanol–water partition coefficient (Wildman–Crippen LogP) is 5.55. The van der Waals surface area contributed by atoms with Gasteiger partial charge in [0.15, 0.2) is 5.75 Å². The van der Waals surface area contributed by atoms with E-state index in [9.17, 15) is 0 Å². The Kier molecular flexibility index (Phi) is 4.20. The summed E-state index contributed by atoms with van der Waals surface area (Å²) in [6.07, 6.45) is 0. The molecule has 0 saturated carbocycles. The van der Waals surface area contributed by atoms with Gasteiger partial charge in [0.05, 0.1) is 10.2 Å². The first-order valence-electron chi connectivity index (χ1n) is 5.16. The molecule has 0 aliphatic rings. The topological polar surface area (TPSA) is 35.2 Å². The maximum absolute atomic E-state index is 6.06. The zero-order valence-corrected chi connectivity index (χ0v) is 13.4. The highest BCUT2D eigenvalue weighted by Crippen LogP contribution is 2.38. The van der Waals surface area contributed by atoms with E-state index in [1.54, 1.807) is 12.1 Å². The monoisotopic (exact) mass is 389 g/mol. The van der Waals surface area contributed by atoms with Crippen LogP contribution in [0, 0.1) is 6.92 Å². The zero-order valence-electron chi connectivity index (χ0n) is 9.51. The van der Waals surface area contributed by atoms with Crippen LogP contribution in [-0.2, 0) is 0 Å². The summed E-state index contributed by atoms with van der Waals surface area (Å²) in [5.74, 6) is 1.28. The zero-order chi connectivity index (χ0) is 13.3. The molecular weight excluding hydrogens is 381 g/mol. The van der Waals surface area contributed by atoms with Crippen LogP contribution in [0.25, 0.3) is 0 Å². The molecule has 0 saturated heterocycles. The quantitative estimate of drug-likeness (QED) is 0.682.